The summed E-state index contributed by atoms with van der Waals surface area (Å²) in [7, 11) is 1.51. The van der Waals surface area contributed by atoms with E-state index in [1.165, 1.54) is 7.11 Å². The van der Waals surface area contributed by atoms with Crippen molar-refractivity contribution in [1.29, 1.82) is 0 Å². The molecule has 0 spiro atoms. The lowest BCUT2D eigenvalue weighted by Crippen LogP contribution is -2.46. The maximum atomic E-state index is 13.3. The van der Waals surface area contributed by atoms with Crippen LogP contribution in [0.4, 0.5) is 0 Å². The van der Waals surface area contributed by atoms with Crippen LogP contribution >= 0.6 is 0 Å². The molecule has 1 heterocycles. The molecular formula is C26H24N4O4. The Bertz CT molecular complexity index is 1410. The number of hydrogen-bond acceptors (Lipinski definition) is 5. The van der Waals surface area contributed by atoms with E-state index in [1.54, 1.807) is 36.4 Å². The van der Waals surface area contributed by atoms with Crippen LogP contribution in [0.15, 0.2) is 94.5 Å². The van der Waals surface area contributed by atoms with E-state index in [-0.39, 0.29) is 18.3 Å². The maximum Gasteiger partial charge on any atom is 0.352 e. The van der Waals surface area contributed by atoms with Gasteiger partial charge in [0.25, 0.3) is 11.5 Å². The van der Waals surface area contributed by atoms with Crippen LogP contribution in [0.5, 0.6) is 5.75 Å². The lowest BCUT2D eigenvalue weighted by molar-refractivity contribution is 0.0930. The second kappa shape index (κ2) is 9.99. The van der Waals surface area contributed by atoms with Crippen molar-refractivity contribution < 1.29 is 9.53 Å². The summed E-state index contributed by atoms with van der Waals surface area (Å²) in [5, 5.41) is 6.98. The van der Waals surface area contributed by atoms with Crippen molar-refractivity contribution in [2.75, 3.05) is 7.11 Å². The van der Waals surface area contributed by atoms with Gasteiger partial charge in [0.2, 0.25) is 5.69 Å². The molecule has 34 heavy (non-hydrogen) atoms. The fourth-order valence-corrected chi connectivity index (χ4v) is 3.56. The van der Waals surface area contributed by atoms with E-state index >= 15 is 0 Å². The zero-order valence-electron chi connectivity index (χ0n) is 18.8. The first-order valence-electron chi connectivity index (χ1n) is 10.8. The standard InChI is InChI=1S/C26H24N4O4/c1-18(20-12-7-4-8-13-20)27-24(31)23-25(32)29(17-19-10-5-3-6-11-19)26(33)30(28-23)21-14-9-15-22(16-21)34-2/h3-16,18H,17H2,1-2H3,(H,27,31)/t18-/m0/s1. The highest BCUT2D eigenvalue weighted by atomic mass is 16.5. The molecule has 8 nitrogen and oxygen atoms in total. The van der Waals surface area contributed by atoms with Gasteiger partial charge in [0.1, 0.15) is 5.75 Å². The van der Waals surface area contributed by atoms with Gasteiger partial charge in [-0.25, -0.2) is 4.79 Å². The predicted molar refractivity (Wildman–Crippen MR) is 129 cm³/mol. The van der Waals surface area contributed by atoms with E-state index in [0.29, 0.717) is 11.4 Å². The van der Waals surface area contributed by atoms with Crippen LogP contribution in [0.25, 0.3) is 5.69 Å². The molecule has 0 saturated carbocycles. The molecule has 0 saturated heterocycles. The topological polar surface area (TPSA) is 95.2 Å². The molecule has 0 radical (unpaired) electrons. The summed E-state index contributed by atoms with van der Waals surface area (Å²) in [5.74, 6) is -0.157. The number of nitrogens with one attached hydrogen (secondary N) is 1. The van der Waals surface area contributed by atoms with Gasteiger partial charge in [-0.1, -0.05) is 66.7 Å². The summed E-state index contributed by atoms with van der Waals surface area (Å²) >= 11 is 0. The first kappa shape index (κ1) is 22.7. The molecule has 0 fully saturated rings. The van der Waals surface area contributed by atoms with Crippen LogP contribution in [0.3, 0.4) is 0 Å². The smallest absolute Gasteiger partial charge is 0.352 e. The average Bonchev–Trinajstić information content (AvgIpc) is 2.87. The Hall–Kier alpha value is -4.46. The molecule has 8 heteroatoms. The Morgan fingerprint density at radius 1 is 0.971 bits per heavy atom. The fraction of sp³-hybridized carbons (Fsp3) is 0.154. The van der Waals surface area contributed by atoms with Gasteiger partial charge >= 0.3 is 5.69 Å². The zero-order valence-corrected chi connectivity index (χ0v) is 18.8. The van der Waals surface area contributed by atoms with Gasteiger partial charge in [-0.05, 0) is 30.2 Å². The van der Waals surface area contributed by atoms with Crippen LogP contribution in [-0.2, 0) is 6.54 Å². The molecule has 0 bridgehead atoms. The van der Waals surface area contributed by atoms with E-state index in [0.717, 1.165) is 20.4 Å². The van der Waals surface area contributed by atoms with E-state index in [2.05, 4.69) is 10.4 Å². The number of methoxy groups -OCH3 is 1. The summed E-state index contributed by atoms with van der Waals surface area (Å²) < 4.78 is 7.32. The van der Waals surface area contributed by atoms with E-state index < -0.39 is 17.2 Å². The number of rotatable bonds is 7. The molecule has 172 valence electrons. The first-order valence-corrected chi connectivity index (χ1v) is 10.8. The number of amides is 1. The number of carbonyl (C=O) groups excluding carboxylic acids is 1. The minimum Gasteiger partial charge on any atom is -0.497 e. The first-order chi connectivity index (χ1) is 16.5. The third-order valence-electron chi connectivity index (χ3n) is 5.40. The van der Waals surface area contributed by atoms with Crippen molar-refractivity contribution in [3.63, 3.8) is 0 Å². The van der Waals surface area contributed by atoms with Gasteiger partial charge in [0.15, 0.2) is 0 Å². The summed E-state index contributed by atoms with van der Waals surface area (Å²) in [6, 6.07) is 24.8. The predicted octanol–water partition coefficient (Wildman–Crippen LogP) is 2.94. The number of aromatic nitrogens is 3. The van der Waals surface area contributed by atoms with Crippen molar-refractivity contribution in [2.24, 2.45) is 0 Å². The lowest BCUT2D eigenvalue weighted by Gasteiger charge is -2.16. The number of nitrogens with zero attached hydrogens (tertiary/aromatic N) is 3. The zero-order chi connectivity index (χ0) is 24.1. The second-order valence-electron chi connectivity index (χ2n) is 7.73. The Morgan fingerprint density at radius 3 is 2.32 bits per heavy atom. The number of hydrogen-bond donors (Lipinski definition) is 1. The van der Waals surface area contributed by atoms with Gasteiger partial charge in [0, 0.05) is 6.07 Å². The molecule has 1 amide bonds. The Balaban J connectivity index is 1.81. The van der Waals surface area contributed by atoms with Gasteiger partial charge in [0.05, 0.1) is 25.4 Å². The molecular weight excluding hydrogens is 432 g/mol. The van der Waals surface area contributed by atoms with Crippen LogP contribution in [0.1, 0.15) is 34.6 Å². The van der Waals surface area contributed by atoms with Crippen molar-refractivity contribution in [2.45, 2.75) is 19.5 Å². The third kappa shape index (κ3) is 4.80. The highest BCUT2D eigenvalue weighted by Crippen LogP contribution is 2.15. The molecule has 4 aromatic rings. The maximum absolute atomic E-state index is 13.3. The molecule has 0 aliphatic heterocycles. The van der Waals surface area contributed by atoms with E-state index in [1.807, 2.05) is 55.5 Å². The third-order valence-corrected chi connectivity index (χ3v) is 5.40. The Labute approximate surface area is 196 Å². The molecule has 1 atom stereocenters. The summed E-state index contributed by atoms with van der Waals surface area (Å²) in [5.41, 5.74) is 0.202. The molecule has 1 N–H and O–H groups in total. The molecule has 3 aromatic carbocycles. The summed E-state index contributed by atoms with van der Waals surface area (Å²) in [6.45, 7) is 1.81. The Kier molecular flexibility index (Phi) is 6.68. The fourth-order valence-electron chi connectivity index (χ4n) is 3.56. The SMILES string of the molecule is COc1cccc(-n2nc(C(=O)N[C@@H](C)c3ccccc3)c(=O)n(Cc3ccccc3)c2=O)c1. The normalized spacial score (nSPS) is 11.6. The van der Waals surface area contributed by atoms with Crippen LogP contribution in [-0.4, -0.2) is 27.4 Å². The highest BCUT2D eigenvalue weighted by Gasteiger charge is 2.22. The van der Waals surface area contributed by atoms with Crippen LogP contribution < -0.4 is 21.3 Å². The minimum atomic E-state index is -0.759. The average molecular weight is 457 g/mol. The number of benzene rings is 3. The summed E-state index contributed by atoms with van der Waals surface area (Å²) in [4.78, 5) is 39.7. The van der Waals surface area contributed by atoms with Crippen molar-refractivity contribution >= 4 is 5.91 Å². The molecule has 1 aromatic heterocycles. The van der Waals surface area contributed by atoms with Gasteiger partial charge in [-0.2, -0.15) is 9.78 Å². The number of ether oxygens (including phenoxy) is 1. The number of carbonyl (C=O) groups is 1. The van der Waals surface area contributed by atoms with Crippen molar-refractivity contribution in [1.82, 2.24) is 19.7 Å². The van der Waals surface area contributed by atoms with Crippen molar-refractivity contribution in [3.8, 4) is 11.4 Å². The molecule has 0 aliphatic carbocycles. The van der Waals surface area contributed by atoms with Gasteiger partial charge < -0.3 is 10.1 Å². The van der Waals surface area contributed by atoms with Gasteiger partial charge in [-0.15, -0.1) is 0 Å². The van der Waals surface area contributed by atoms with Crippen molar-refractivity contribution in [3.05, 3.63) is 123 Å². The molecule has 0 aliphatic rings. The quantitative estimate of drug-likeness (QED) is 0.461. The van der Waals surface area contributed by atoms with Crippen LogP contribution in [0.2, 0.25) is 0 Å². The second-order valence-corrected chi connectivity index (χ2v) is 7.73. The van der Waals surface area contributed by atoms with Gasteiger partial charge in [-0.3, -0.25) is 14.2 Å². The lowest BCUT2D eigenvalue weighted by atomic mass is 10.1. The summed E-state index contributed by atoms with van der Waals surface area (Å²) in [6.07, 6.45) is 0. The molecule has 0 unspecified atom stereocenters. The molecule has 4 rings (SSSR count). The highest BCUT2D eigenvalue weighted by molar-refractivity contribution is 5.92. The van der Waals surface area contributed by atoms with Crippen LogP contribution in [0, 0.1) is 0 Å². The van der Waals surface area contributed by atoms with E-state index in [4.69, 9.17) is 4.74 Å². The largest absolute Gasteiger partial charge is 0.497 e. The Morgan fingerprint density at radius 2 is 1.65 bits per heavy atom. The minimum absolute atomic E-state index is 0.000482. The van der Waals surface area contributed by atoms with E-state index in [9.17, 15) is 14.4 Å². The monoisotopic (exact) mass is 456 g/mol.